The van der Waals surface area contributed by atoms with E-state index in [4.69, 9.17) is 0 Å². The Morgan fingerprint density at radius 1 is 0.345 bits per heavy atom. The lowest BCUT2D eigenvalue weighted by atomic mass is 9.86. The fourth-order valence-electron chi connectivity index (χ4n) is 9.42. The van der Waals surface area contributed by atoms with Crippen LogP contribution < -0.4 is 0 Å². The monoisotopic (exact) mass is 694 g/mol. The number of nitrogens with zero attached hydrogens (tertiary/aromatic N) is 2. The average molecular weight is 695 g/mol. The smallest absolute Gasteiger partial charge is 0.0992 e. The van der Waals surface area contributed by atoms with Gasteiger partial charge in [-0.15, -0.1) is 0 Å². The van der Waals surface area contributed by atoms with Gasteiger partial charge in [-0.3, -0.25) is 0 Å². The van der Waals surface area contributed by atoms with Gasteiger partial charge in [-0.1, -0.05) is 146 Å². The van der Waals surface area contributed by atoms with E-state index < -0.39 is 0 Å². The van der Waals surface area contributed by atoms with Crippen LogP contribution in [0.2, 0.25) is 0 Å². The van der Waals surface area contributed by atoms with Crippen molar-refractivity contribution >= 4 is 75.7 Å². The van der Waals surface area contributed by atoms with Gasteiger partial charge in [0.25, 0.3) is 0 Å². The maximum Gasteiger partial charge on any atom is 0.0992 e. The van der Waals surface area contributed by atoms with E-state index in [9.17, 15) is 5.26 Å². The van der Waals surface area contributed by atoms with Gasteiger partial charge in [-0.25, -0.2) is 0 Å². The fraction of sp³-hybridized carbons (Fsp3) is 0. The van der Waals surface area contributed by atoms with Crippen molar-refractivity contribution in [3.63, 3.8) is 0 Å². The first-order valence-corrected chi connectivity index (χ1v) is 18.8. The second-order valence-electron chi connectivity index (χ2n) is 14.8. The molecule has 0 unspecified atom stereocenters. The molecule has 55 heavy (non-hydrogen) atoms. The third-order valence-corrected chi connectivity index (χ3v) is 11.9. The normalized spacial score (nSPS) is 12.0. The third-order valence-electron chi connectivity index (χ3n) is 11.9. The number of para-hydroxylation sites is 1. The summed E-state index contributed by atoms with van der Waals surface area (Å²) in [5, 5.41) is 24.9. The van der Waals surface area contributed by atoms with Crippen molar-refractivity contribution < 1.29 is 0 Å². The van der Waals surface area contributed by atoms with Crippen molar-refractivity contribution in [1.82, 2.24) is 4.57 Å². The lowest BCUT2D eigenvalue weighted by Gasteiger charge is -2.17. The first-order chi connectivity index (χ1) is 27.2. The van der Waals surface area contributed by atoms with Crippen LogP contribution in [0.3, 0.4) is 0 Å². The van der Waals surface area contributed by atoms with E-state index in [2.05, 4.69) is 174 Å². The molecule has 0 saturated carbocycles. The van der Waals surface area contributed by atoms with Crippen LogP contribution in [0.1, 0.15) is 5.56 Å². The van der Waals surface area contributed by atoms with Crippen LogP contribution in [0.4, 0.5) is 0 Å². The Hall–Kier alpha value is -7.47. The van der Waals surface area contributed by atoms with Crippen molar-refractivity contribution in [3.8, 4) is 45.1 Å². The molecule has 0 saturated heterocycles. The van der Waals surface area contributed by atoms with E-state index in [1.165, 1.54) is 92.6 Å². The van der Waals surface area contributed by atoms with Gasteiger partial charge in [-0.05, 0) is 124 Å². The maximum absolute atomic E-state index is 9.90. The Kier molecular flexibility index (Phi) is 6.15. The van der Waals surface area contributed by atoms with Gasteiger partial charge >= 0.3 is 0 Å². The first-order valence-electron chi connectivity index (χ1n) is 18.8. The zero-order valence-electron chi connectivity index (χ0n) is 29.7. The molecule has 1 aromatic heterocycles. The molecular weight excluding hydrogens is 665 g/mol. The van der Waals surface area contributed by atoms with Crippen molar-refractivity contribution in [1.29, 1.82) is 5.26 Å². The summed E-state index contributed by atoms with van der Waals surface area (Å²) in [5.74, 6) is 0. The number of hydrogen-bond acceptors (Lipinski definition) is 1. The minimum absolute atomic E-state index is 0.670. The van der Waals surface area contributed by atoms with Crippen molar-refractivity contribution in [2.24, 2.45) is 0 Å². The highest BCUT2D eigenvalue weighted by atomic mass is 15.0. The topological polar surface area (TPSA) is 28.7 Å². The molecule has 2 heteroatoms. The summed E-state index contributed by atoms with van der Waals surface area (Å²) in [6.07, 6.45) is 0. The molecule has 1 heterocycles. The van der Waals surface area contributed by atoms with Gasteiger partial charge in [-0.2, -0.15) is 5.26 Å². The maximum atomic E-state index is 9.90. The van der Waals surface area contributed by atoms with Gasteiger partial charge in [0.2, 0.25) is 0 Å². The molecule has 0 atom stereocenters. The van der Waals surface area contributed by atoms with E-state index in [0.29, 0.717) is 5.56 Å². The van der Waals surface area contributed by atoms with Crippen LogP contribution >= 0.6 is 0 Å². The number of aromatic nitrogens is 1. The van der Waals surface area contributed by atoms with Crippen LogP contribution in [0.25, 0.3) is 115 Å². The van der Waals surface area contributed by atoms with E-state index >= 15 is 0 Å². The van der Waals surface area contributed by atoms with Gasteiger partial charge in [0, 0.05) is 16.5 Å². The Bertz CT molecular complexity index is 3530. The summed E-state index contributed by atoms with van der Waals surface area (Å²) in [5.41, 5.74) is 11.3. The molecular formula is C53H30N2. The van der Waals surface area contributed by atoms with E-state index in [-0.39, 0.29) is 0 Å². The minimum atomic E-state index is 0.670. The van der Waals surface area contributed by atoms with Crippen LogP contribution in [0.15, 0.2) is 182 Å². The van der Waals surface area contributed by atoms with E-state index in [1.54, 1.807) is 0 Å². The average Bonchev–Trinajstić information content (AvgIpc) is 3.59. The molecule has 0 fully saturated rings. The molecule has 0 spiro atoms. The lowest BCUT2D eigenvalue weighted by Crippen LogP contribution is -1.93. The second-order valence-corrected chi connectivity index (χ2v) is 14.8. The number of nitriles is 1. The molecule has 0 aliphatic heterocycles. The standard InChI is InChI=1S/C53H30N2/c54-31-32-28-40-20-25-47-43(26-27-48-53(47)52(40)49(29-32)55(48)41-8-2-1-3-9-41)35-13-11-34(12-14-35)42-21-16-36-19-24-46-44(22-17-37-18-23-45(42)50(36)51(37)46)39-15-10-33-6-4-5-7-38(33)30-39/h1-30H. The lowest BCUT2D eigenvalue weighted by molar-refractivity contribution is 1.18. The summed E-state index contributed by atoms with van der Waals surface area (Å²) in [6, 6.07) is 68.7. The van der Waals surface area contributed by atoms with Gasteiger partial charge in [0.05, 0.1) is 22.7 Å². The van der Waals surface area contributed by atoms with Crippen LogP contribution in [0, 0.1) is 11.3 Å². The Labute approximate surface area is 317 Å². The van der Waals surface area contributed by atoms with Crippen LogP contribution in [-0.4, -0.2) is 4.57 Å². The molecule has 0 aliphatic carbocycles. The second kappa shape index (κ2) is 11.3. The van der Waals surface area contributed by atoms with Crippen molar-refractivity contribution in [2.75, 3.05) is 0 Å². The summed E-state index contributed by atoms with van der Waals surface area (Å²) < 4.78 is 2.30. The summed E-state index contributed by atoms with van der Waals surface area (Å²) in [4.78, 5) is 0. The number of fused-ring (bicyclic) bond motifs is 1. The van der Waals surface area contributed by atoms with Gasteiger partial charge in [0.1, 0.15) is 0 Å². The van der Waals surface area contributed by atoms with E-state index in [0.717, 1.165) is 22.1 Å². The summed E-state index contributed by atoms with van der Waals surface area (Å²) in [6.45, 7) is 0. The third kappa shape index (κ3) is 4.30. The zero-order valence-corrected chi connectivity index (χ0v) is 29.7. The molecule has 0 amide bonds. The number of benzene rings is 11. The molecule has 2 nitrogen and oxygen atoms in total. The molecule has 252 valence electrons. The van der Waals surface area contributed by atoms with Crippen molar-refractivity contribution in [3.05, 3.63) is 188 Å². The molecule has 11 aromatic carbocycles. The number of rotatable bonds is 4. The minimum Gasteiger partial charge on any atom is -0.309 e. The quantitative estimate of drug-likeness (QED) is 0.169. The molecule has 0 bridgehead atoms. The predicted octanol–water partition coefficient (Wildman–Crippen LogP) is 14.3. The SMILES string of the molecule is N#Cc1cc2ccc3c(-c4ccc(-c5ccc6ccc7c(-c8ccc9ccccc9c8)ccc8ccc5c6c87)cc4)ccc4c3c2c(c1)n4-c1ccccc1. The Balaban J connectivity index is 1.00. The first kappa shape index (κ1) is 30.0. The Morgan fingerprint density at radius 3 is 1.55 bits per heavy atom. The van der Waals surface area contributed by atoms with Crippen LogP contribution in [-0.2, 0) is 0 Å². The highest BCUT2D eigenvalue weighted by Crippen LogP contribution is 2.45. The van der Waals surface area contributed by atoms with Crippen molar-refractivity contribution in [2.45, 2.75) is 0 Å². The highest BCUT2D eigenvalue weighted by Gasteiger charge is 2.20. The number of hydrogen-bond donors (Lipinski definition) is 0. The van der Waals surface area contributed by atoms with Gasteiger partial charge in [0.15, 0.2) is 0 Å². The summed E-state index contributed by atoms with van der Waals surface area (Å²) in [7, 11) is 0. The molecule has 0 N–H and O–H groups in total. The van der Waals surface area contributed by atoms with E-state index in [1.807, 2.05) is 18.2 Å². The fourth-order valence-corrected chi connectivity index (χ4v) is 9.42. The zero-order chi connectivity index (χ0) is 36.2. The molecule has 12 aromatic rings. The molecule has 12 rings (SSSR count). The highest BCUT2D eigenvalue weighted by molar-refractivity contribution is 6.28. The largest absolute Gasteiger partial charge is 0.309 e. The van der Waals surface area contributed by atoms with Crippen LogP contribution in [0.5, 0.6) is 0 Å². The Morgan fingerprint density at radius 2 is 0.873 bits per heavy atom. The summed E-state index contributed by atoms with van der Waals surface area (Å²) >= 11 is 0. The molecule has 0 radical (unpaired) electrons. The molecule has 0 aliphatic rings. The predicted molar refractivity (Wildman–Crippen MR) is 232 cm³/mol. The van der Waals surface area contributed by atoms with Gasteiger partial charge < -0.3 is 4.57 Å².